The highest BCUT2D eigenvalue weighted by Crippen LogP contribution is 2.38. The van der Waals surface area contributed by atoms with Crippen LogP contribution < -0.4 is 0 Å². The summed E-state index contributed by atoms with van der Waals surface area (Å²) >= 11 is 0. The Balaban J connectivity index is 0.00000480. The summed E-state index contributed by atoms with van der Waals surface area (Å²) in [5.74, 6) is 0.379. The minimum absolute atomic E-state index is 0. The maximum atomic E-state index is 10.4. The molecular weight excluding hydrogens is 400 g/mol. The molecule has 1 atom stereocenters. The molecule has 0 bridgehead atoms. The largest absolute Gasteiger partial charge is 0.296 e. The zero-order valence-corrected chi connectivity index (χ0v) is 21.1. The summed E-state index contributed by atoms with van der Waals surface area (Å²) in [5, 5.41) is 12.8. The van der Waals surface area contributed by atoms with Gasteiger partial charge in [0.05, 0.1) is 11.5 Å². The standard InChI is InChI=1S/C28H38N2.ClH/c1-21(2)14-17-30(18-15-22(3)4)19-16-28(7,20-29)27-25(23(5)6)13-12-24-10-8-9-11-26(24)27;/h8-15,23H,16-19H2,1-7H3;1H. The van der Waals surface area contributed by atoms with E-state index >= 15 is 0 Å². The first-order valence-corrected chi connectivity index (χ1v) is 11.1. The number of nitrogens with zero attached hydrogens (tertiary/aromatic N) is 2. The highest BCUT2D eigenvalue weighted by molar-refractivity contribution is 5.88. The molecule has 0 fully saturated rings. The Hall–Kier alpha value is -2.08. The van der Waals surface area contributed by atoms with Crippen molar-refractivity contribution in [2.75, 3.05) is 19.6 Å². The number of hydrogen-bond donors (Lipinski definition) is 0. The summed E-state index contributed by atoms with van der Waals surface area (Å²) < 4.78 is 0. The van der Waals surface area contributed by atoms with Crippen molar-refractivity contribution >= 4 is 23.2 Å². The molecule has 168 valence electrons. The van der Waals surface area contributed by atoms with Crippen LogP contribution in [0, 0.1) is 11.3 Å². The lowest BCUT2D eigenvalue weighted by Crippen LogP contribution is -2.32. The SMILES string of the molecule is CC(C)=CCN(CC=C(C)C)CCC(C)(C#N)c1c(C(C)C)ccc2ccccc12.Cl. The van der Waals surface area contributed by atoms with Crippen LogP contribution in [0.2, 0.25) is 0 Å². The average Bonchev–Trinajstić information content (AvgIpc) is 2.71. The van der Waals surface area contributed by atoms with Crippen LogP contribution in [0.15, 0.2) is 59.7 Å². The van der Waals surface area contributed by atoms with Gasteiger partial charge in [-0.2, -0.15) is 5.26 Å². The number of hydrogen-bond acceptors (Lipinski definition) is 2. The van der Waals surface area contributed by atoms with Gasteiger partial charge in [-0.25, -0.2) is 0 Å². The second kappa shape index (κ2) is 12.1. The highest BCUT2D eigenvalue weighted by atomic mass is 35.5. The smallest absolute Gasteiger partial charge is 0.0815 e. The lowest BCUT2D eigenvalue weighted by atomic mass is 9.74. The molecule has 3 heteroatoms. The minimum atomic E-state index is -0.533. The Morgan fingerprint density at radius 1 is 1.00 bits per heavy atom. The van der Waals surface area contributed by atoms with E-state index in [1.165, 1.54) is 33.0 Å². The monoisotopic (exact) mass is 438 g/mol. The third-order valence-corrected chi connectivity index (χ3v) is 5.83. The van der Waals surface area contributed by atoms with Crippen LogP contribution in [-0.2, 0) is 5.41 Å². The summed E-state index contributed by atoms with van der Waals surface area (Å²) in [6.07, 6.45) is 5.37. The van der Waals surface area contributed by atoms with E-state index in [4.69, 9.17) is 0 Å². The van der Waals surface area contributed by atoms with Gasteiger partial charge in [-0.3, -0.25) is 4.90 Å². The topological polar surface area (TPSA) is 27.0 Å². The Bertz CT molecular complexity index is 937. The lowest BCUT2D eigenvalue weighted by Gasteiger charge is -2.31. The Morgan fingerprint density at radius 2 is 1.58 bits per heavy atom. The summed E-state index contributed by atoms with van der Waals surface area (Å²) in [6.45, 7) is 17.9. The summed E-state index contributed by atoms with van der Waals surface area (Å²) in [7, 11) is 0. The van der Waals surface area contributed by atoms with Crippen LogP contribution in [0.25, 0.3) is 10.8 Å². The van der Waals surface area contributed by atoms with Crippen molar-refractivity contribution in [1.82, 2.24) is 4.90 Å². The molecule has 0 amide bonds. The van der Waals surface area contributed by atoms with Gasteiger partial charge < -0.3 is 0 Å². The third kappa shape index (κ3) is 7.23. The molecule has 0 aliphatic heterocycles. The maximum Gasteiger partial charge on any atom is 0.0815 e. The van der Waals surface area contributed by atoms with E-state index in [0.717, 1.165) is 26.1 Å². The van der Waals surface area contributed by atoms with Crippen LogP contribution in [0.4, 0.5) is 0 Å². The Labute approximate surface area is 196 Å². The first kappa shape index (κ1) is 27.0. The first-order chi connectivity index (χ1) is 14.2. The van der Waals surface area contributed by atoms with Crippen molar-refractivity contribution in [1.29, 1.82) is 5.26 Å². The number of fused-ring (bicyclic) bond motifs is 1. The summed E-state index contributed by atoms with van der Waals surface area (Å²) in [5.41, 5.74) is 4.63. The molecule has 0 spiro atoms. The average molecular weight is 439 g/mol. The number of halogens is 1. The molecule has 0 aliphatic rings. The number of allylic oxidation sites excluding steroid dienone is 2. The van der Waals surface area contributed by atoms with Crippen molar-refractivity contribution < 1.29 is 0 Å². The summed E-state index contributed by atoms with van der Waals surface area (Å²) in [6, 6.07) is 15.6. The molecule has 0 aliphatic carbocycles. The van der Waals surface area contributed by atoms with Crippen molar-refractivity contribution in [2.45, 2.75) is 66.2 Å². The van der Waals surface area contributed by atoms with Crippen LogP contribution in [0.5, 0.6) is 0 Å². The van der Waals surface area contributed by atoms with E-state index in [2.05, 4.69) is 108 Å². The van der Waals surface area contributed by atoms with Gasteiger partial charge in [0.25, 0.3) is 0 Å². The second-order valence-electron chi connectivity index (χ2n) is 9.42. The lowest BCUT2D eigenvalue weighted by molar-refractivity contribution is 0.305. The van der Waals surface area contributed by atoms with E-state index in [1.54, 1.807) is 0 Å². The maximum absolute atomic E-state index is 10.4. The Morgan fingerprint density at radius 3 is 2.10 bits per heavy atom. The van der Waals surface area contributed by atoms with Crippen LogP contribution in [-0.4, -0.2) is 24.5 Å². The molecular formula is C28H39ClN2. The normalized spacial score (nSPS) is 12.8. The van der Waals surface area contributed by atoms with Gasteiger partial charge in [-0.05, 0) is 68.9 Å². The van der Waals surface area contributed by atoms with Gasteiger partial charge in [0.2, 0.25) is 0 Å². The van der Waals surface area contributed by atoms with Crippen molar-refractivity contribution in [3.8, 4) is 6.07 Å². The zero-order valence-electron chi connectivity index (χ0n) is 20.3. The molecule has 1 unspecified atom stereocenters. The van der Waals surface area contributed by atoms with Crippen LogP contribution in [0.3, 0.4) is 0 Å². The minimum Gasteiger partial charge on any atom is -0.296 e. The Kier molecular flexibility index (Phi) is 10.5. The third-order valence-electron chi connectivity index (χ3n) is 5.83. The molecule has 31 heavy (non-hydrogen) atoms. The summed E-state index contributed by atoms with van der Waals surface area (Å²) in [4.78, 5) is 2.44. The van der Waals surface area contributed by atoms with Gasteiger partial charge in [-0.15, -0.1) is 12.4 Å². The quantitative estimate of drug-likeness (QED) is 0.373. The predicted octanol–water partition coefficient (Wildman–Crippen LogP) is 7.79. The van der Waals surface area contributed by atoms with Gasteiger partial charge in [0.15, 0.2) is 0 Å². The van der Waals surface area contributed by atoms with Crippen LogP contribution in [0.1, 0.15) is 71.9 Å². The molecule has 2 aromatic rings. The highest BCUT2D eigenvalue weighted by Gasteiger charge is 2.32. The first-order valence-electron chi connectivity index (χ1n) is 11.1. The van der Waals surface area contributed by atoms with Gasteiger partial charge in [0, 0.05) is 19.6 Å². The molecule has 2 rings (SSSR count). The fourth-order valence-electron chi connectivity index (χ4n) is 3.88. The molecule has 2 aromatic carbocycles. The van der Waals surface area contributed by atoms with Crippen molar-refractivity contribution in [2.24, 2.45) is 0 Å². The number of rotatable bonds is 9. The molecule has 0 N–H and O–H groups in total. The van der Waals surface area contributed by atoms with Crippen molar-refractivity contribution in [3.63, 3.8) is 0 Å². The van der Waals surface area contributed by atoms with E-state index in [0.29, 0.717) is 5.92 Å². The molecule has 0 heterocycles. The predicted molar refractivity (Wildman–Crippen MR) is 138 cm³/mol. The van der Waals surface area contributed by atoms with E-state index in [1.807, 2.05) is 0 Å². The molecule has 2 nitrogen and oxygen atoms in total. The molecule has 0 saturated heterocycles. The van der Waals surface area contributed by atoms with Crippen LogP contribution >= 0.6 is 12.4 Å². The number of benzene rings is 2. The number of nitriles is 1. The van der Waals surface area contributed by atoms with Gasteiger partial charge in [0.1, 0.15) is 0 Å². The van der Waals surface area contributed by atoms with E-state index in [9.17, 15) is 5.26 Å². The molecule has 0 saturated carbocycles. The van der Waals surface area contributed by atoms with Gasteiger partial charge in [-0.1, -0.05) is 73.5 Å². The molecule has 0 radical (unpaired) electrons. The van der Waals surface area contributed by atoms with E-state index < -0.39 is 5.41 Å². The second-order valence-corrected chi connectivity index (χ2v) is 9.42. The molecule has 0 aromatic heterocycles. The van der Waals surface area contributed by atoms with Gasteiger partial charge >= 0.3 is 0 Å². The zero-order chi connectivity index (χ0) is 22.3. The van der Waals surface area contributed by atoms with Crippen molar-refractivity contribution in [3.05, 3.63) is 70.8 Å². The fraction of sp³-hybridized carbons (Fsp3) is 0.464. The van der Waals surface area contributed by atoms with E-state index in [-0.39, 0.29) is 12.4 Å². The fourth-order valence-corrected chi connectivity index (χ4v) is 3.88.